The number of carboxylic acid groups (broad SMARTS) is 1. The summed E-state index contributed by atoms with van der Waals surface area (Å²) in [5.41, 5.74) is 5.44. The zero-order valence-corrected chi connectivity index (χ0v) is 28.7. The summed E-state index contributed by atoms with van der Waals surface area (Å²) in [6, 6.07) is 29.1. The molecule has 0 aromatic heterocycles. The predicted octanol–water partition coefficient (Wildman–Crippen LogP) is 7.02. The highest BCUT2D eigenvalue weighted by atomic mass is 31.2. The standard InChI is InChI=1S/C37H40FO6PSi/c1-27-22-28(2)34(35(23-27)43-25-29-16-18-30(38)19-17-29)20-21-45(41,42)26-31(24-36(39)40)44-46(37(3,4)5,32-12-8-6-9-13-32)33-14-10-7-11-15-33/h6-19,22-23,31H,24-26H2,1-5H3,(H,39,40)(H,41,42). The number of halogens is 1. The largest absolute Gasteiger partial charge is 0.488 e. The molecule has 2 atom stereocenters. The molecule has 2 unspecified atom stereocenters. The summed E-state index contributed by atoms with van der Waals surface area (Å²) in [6.07, 6.45) is -2.03. The Kier molecular flexibility index (Phi) is 11.1. The average molecular weight is 659 g/mol. The molecule has 0 aliphatic carbocycles. The molecule has 240 valence electrons. The summed E-state index contributed by atoms with van der Waals surface area (Å²) in [4.78, 5) is 23.3. The van der Waals surface area contributed by atoms with Crippen LogP contribution in [0, 0.1) is 31.2 Å². The topological polar surface area (TPSA) is 93.1 Å². The van der Waals surface area contributed by atoms with Gasteiger partial charge < -0.3 is 19.2 Å². The minimum atomic E-state index is -4.25. The van der Waals surface area contributed by atoms with Crippen molar-refractivity contribution < 1.29 is 32.9 Å². The van der Waals surface area contributed by atoms with Crippen molar-refractivity contribution >= 4 is 32.0 Å². The number of hydrogen-bond donors (Lipinski definition) is 2. The van der Waals surface area contributed by atoms with Crippen LogP contribution in [-0.2, 0) is 20.4 Å². The number of rotatable bonds is 11. The molecule has 6 nitrogen and oxygen atoms in total. The molecule has 0 saturated carbocycles. The highest BCUT2D eigenvalue weighted by molar-refractivity contribution is 7.63. The Bertz CT molecular complexity index is 1720. The second-order valence-electron chi connectivity index (χ2n) is 12.5. The third-order valence-electron chi connectivity index (χ3n) is 7.72. The lowest BCUT2D eigenvalue weighted by molar-refractivity contribution is -0.138. The molecule has 0 spiro atoms. The van der Waals surface area contributed by atoms with Crippen LogP contribution in [0.3, 0.4) is 0 Å². The summed E-state index contributed by atoms with van der Waals surface area (Å²) >= 11 is 0. The van der Waals surface area contributed by atoms with Crippen molar-refractivity contribution in [3.05, 3.63) is 125 Å². The lowest BCUT2D eigenvalue weighted by Crippen LogP contribution is -2.68. The lowest BCUT2D eigenvalue weighted by Gasteiger charge is -2.45. The van der Waals surface area contributed by atoms with Crippen LogP contribution in [0.5, 0.6) is 5.75 Å². The smallest absolute Gasteiger partial charge is 0.305 e. The number of aliphatic carboxylic acids is 1. The van der Waals surface area contributed by atoms with Gasteiger partial charge in [-0.3, -0.25) is 9.36 Å². The second kappa shape index (κ2) is 14.6. The highest BCUT2D eigenvalue weighted by Crippen LogP contribution is 2.44. The van der Waals surface area contributed by atoms with Crippen molar-refractivity contribution in [2.24, 2.45) is 0 Å². The van der Waals surface area contributed by atoms with E-state index in [4.69, 9.17) is 9.16 Å². The molecule has 4 aromatic rings. The quantitative estimate of drug-likeness (QED) is 0.102. The van der Waals surface area contributed by atoms with Crippen LogP contribution < -0.4 is 15.1 Å². The molecule has 0 bridgehead atoms. The van der Waals surface area contributed by atoms with E-state index in [1.807, 2.05) is 80.6 Å². The van der Waals surface area contributed by atoms with Crippen molar-refractivity contribution in [2.45, 2.75) is 58.8 Å². The van der Waals surface area contributed by atoms with E-state index in [-0.39, 0.29) is 12.4 Å². The van der Waals surface area contributed by atoms with Gasteiger partial charge in [0, 0.05) is 0 Å². The van der Waals surface area contributed by atoms with Crippen molar-refractivity contribution in [3.63, 3.8) is 0 Å². The molecule has 0 saturated heterocycles. The molecule has 0 fully saturated rings. The molecule has 4 rings (SSSR count). The molecular weight excluding hydrogens is 618 g/mol. The van der Waals surface area contributed by atoms with Crippen molar-refractivity contribution in [2.75, 3.05) is 6.16 Å². The fourth-order valence-electron chi connectivity index (χ4n) is 5.69. The Morgan fingerprint density at radius 2 is 1.50 bits per heavy atom. The van der Waals surface area contributed by atoms with Gasteiger partial charge in [0.2, 0.25) is 0 Å². The number of ether oxygens (including phenoxy) is 1. The van der Waals surface area contributed by atoms with Gasteiger partial charge in [-0.25, -0.2) is 4.39 Å². The number of carbonyl (C=O) groups is 1. The number of benzene rings is 4. The summed E-state index contributed by atoms with van der Waals surface area (Å²) < 4.78 is 40.1. The van der Waals surface area contributed by atoms with Crippen molar-refractivity contribution in [1.82, 2.24) is 0 Å². The Balaban J connectivity index is 1.70. The van der Waals surface area contributed by atoms with Gasteiger partial charge in [-0.1, -0.05) is 106 Å². The first-order valence-corrected chi connectivity index (χ1v) is 18.8. The van der Waals surface area contributed by atoms with Gasteiger partial charge in [0.05, 0.1) is 24.3 Å². The fraction of sp³-hybridized carbons (Fsp3) is 0.270. The van der Waals surface area contributed by atoms with Gasteiger partial charge >= 0.3 is 5.97 Å². The first-order valence-electron chi connectivity index (χ1n) is 15.0. The molecule has 0 amide bonds. The molecule has 0 aliphatic rings. The van der Waals surface area contributed by atoms with E-state index in [1.165, 1.54) is 12.1 Å². The summed E-state index contributed by atoms with van der Waals surface area (Å²) in [6.45, 7) is 10.1. The molecule has 0 heterocycles. The van der Waals surface area contributed by atoms with Gasteiger partial charge in [0.15, 0.2) is 0 Å². The van der Waals surface area contributed by atoms with Gasteiger partial charge in [-0.2, -0.15) is 0 Å². The van der Waals surface area contributed by atoms with Gasteiger partial charge in [-0.05, 0) is 69.8 Å². The minimum absolute atomic E-state index is 0.154. The van der Waals surface area contributed by atoms with Crippen molar-refractivity contribution in [1.29, 1.82) is 0 Å². The average Bonchev–Trinajstić information content (AvgIpc) is 2.98. The molecule has 4 aromatic carbocycles. The highest BCUT2D eigenvalue weighted by Gasteiger charge is 2.52. The van der Waals surface area contributed by atoms with Crippen LogP contribution in [-0.4, -0.2) is 36.6 Å². The first-order chi connectivity index (χ1) is 21.7. The molecule has 9 heteroatoms. The zero-order valence-electron chi connectivity index (χ0n) is 26.8. The van der Waals surface area contributed by atoms with Gasteiger partial charge in [0.25, 0.3) is 15.7 Å². The number of carboxylic acids is 1. The van der Waals surface area contributed by atoms with Crippen LogP contribution >= 0.6 is 7.37 Å². The van der Waals surface area contributed by atoms with Crippen molar-refractivity contribution in [3.8, 4) is 17.3 Å². The lowest BCUT2D eigenvalue weighted by atomic mass is 10.0. The van der Waals surface area contributed by atoms with Crippen LogP contribution in [0.25, 0.3) is 0 Å². The predicted molar refractivity (Wildman–Crippen MR) is 183 cm³/mol. The SMILES string of the molecule is Cc1cc(C)c(C#CP(=O)(O)CC(CC(=O)O)O[Si](c2ccccc2)(c2ccccc2)C(C)(C)C)c(OCc2ccc(F)cc2)c1. The third kappa shape index (κ3) is 8.63. The van der Waals surface area contributed by atoms with E-state index < -0.39 is 45.4 Å². The molecule has 46 heavy (non-hydrogen) atoms. The zero-order chi connectivity index (χ0) is 33.5. The Morgan fingerprint density at radius 3 is 2.02 bits per heavy atom. The van der Waals surface area contributed by atoms with Gasteiger partial charge in [-0.15, -0.1) is 0 Å². The number of hydrogen-bond acceptors (Lipinski definition) is 4. The first kappa shape index (κ1) is 34.9. The van der Waals surface area contributed by atoms with Crippen LogP contribution in [0.1, 0.15) is 49.4 Å². The Hall–Kier alpha value is -3.99. The van der Waals surface area contributed by atoms with Crippen LogP contribution in [0.4, 0.5) is 4.39 Å². The minimum Gasteiger partial charge on any atom is -0.488 e. The maximum atomic E-state index is 13.7. The number of aryl methyl sites for hydroxylation is 2. The maximum Gasteiger partial charge on any atom is 0.305 e. The van der Waals surface area contributed by atoms with Gasteiger partial charge in [0.1, 0.15) is 18.2 Å². The van der Waals surface area contributed by atoms with Crippen LogP contribution in [0.15, 0.2) is 97.1 Å². The van der Waals surface area contributed by atoms with E-state index in [9.17, 15) is 23.7 Å². The second-order valence-corrected chi connectivity index (χ2v) is 18.7. The summed E-state index contributed by atoms with van der Waals surface area (Å²) in [7, 11) is -7.47. The molecule has 2 N–H and O–H groups in total. The normalized spacial score (nSPS) is 13.6. The Labute approximate surface area is 271 Å². The summed E-state index contributed by atoms with van der Waals surface area (Å²) in [5, 5.41) is 11.3. The Morgan fingerprint density at radius 1 is 0.935 bits per heavy atom. The van der Waals surface area contributed by atoms with E-state index in [2.05, 4.69) is 32.4 Å². The van der Waals surface area contributed by atoms with E-state index >= 15 is 0 Å². The third-order valence-corrected chi connectivity index (χ3v) is 14.2. The fourth-order valence-corrected chi connectivity index (χ4v) is 11.6. The molecular formula is C37H40FO6PSi. The monoisotopic (exact) mass is 658 g/mol. The van der Waals surface area contributed by atoms with E-state index in [1.54, 1.807) is 18.2 Å². The van der Waals surface area contributed by atoms with E-state index in [0.29, 0.717) is 11.3 Å². The van der Waals surface area contributed by atoms with E-state index in [0.717, 1.165) is 27.1 Å². The maximum absolute atomic E-state index is 13.7. The van der Waals surface area contributed by atoms with Crippen LogP contribution in [0.2, 0.25) is 5.04 Å². The molecule has 0 aliphatic heterocycles. The summed E-state index contributed by atoms with van der Waals surface area (Å²) in [5.74, 6) is 1.82. The molecule has 0 radical (unpaired) electrons.